The van der Waals surface area contributed by atoms with Crippen LogP contribution in [0.2, 0.25) is 5.02 Å². The number of anilines is 1. The Morgan fingerprint density at radius 3 is 2.70 bits per heavy atom. The molecule has 1 heterocycles. The van der Waals surface area contributed by atoms with Crippen molar-refractivity contribution < 1.29 is 9.53 Å². The third-order valence-electron chi connectivity index (χ3n) is 3.60. The van der Waals surface area contributed by atoms with Gasteiger partial charge in [0.05, 0.1) is 0 Å². The summed E-state index contributed by atoms with van der Waals surface area (Å²) in [5.74, 6) is 7.55. The number of rotatable bonds is 7. The maximum absolute atomic E-state index is 11.9. The van der Waals surface area contributed by atoms with E-state index in [-0.39, 0.29) is 12.5 Å². The molecule has 3 rings (SSSR count). The van der Waals surface area contributed by atoms with Crippen LogP contribution in [-0.2, 0) is 10.5 Å². The second-order valence-corrected chi connectivity index (χ2v) is 7.06. The van der Waals surface area contributed by atoms with Crippen LogP contribution in [0, 0.1) is 6.92 Å². The molecule has 0 saturated heterocycles. The van der Waals surface area contributed by atoms with Crippen LogP contribution in [0.1, 0.15) is 11.4 Å². The van der Waals surface area contributed by atoms with Gasteiger partial charge in [-0.1, -0.05) is 41.6 Å². The van der Waals surface area contributed by atoms with Crippen molar-refractivity contribution in [3.8, 4) is 5.75 Å². The molecule has 0 aliphatic rings. The normalized spacial score (nSPS) is 10.6. The summed E-state index contributed by atoms with van der Waals surface area (Å²) in [4.78, 5) is 11.9. The molecule has 3 aromatic rings. The van der Waals surface area contributed by atoms with E-state index >= 15 is 0 Å². The minimum Gasteiger partial charge on any atom is -0.484 e. The van der Waals surface area contributed by atoms with Crippen molar-refractivity contribution in [2.75, 3.05) is 17.8 Å². The Labute approximate surface area is 165 Å². The first-order valence-corrected chi connectivity index (χ1v) is 9.44. The van der Waals surface area contributed by atoms with Gasteiger partial charge in [0.1, 0.15) is 11.6 Å². The van der Waals surface area contributed by atoms with Crippen molar-refractivity contribution in [1.82, 2.24) is 14.9 Å². The number of aromatic nitrogens is 3. The standard InChI is InChI=1S/C18H18ClN5O2S/c1-12-22-23-18(24(12)20)27-11-13-5-7-16(8-6-13)26-10-17(25)21-15-4-2-3-14(19)9-15/h2-9H,10-11,20H2,1H3,(H,21,25). The topological polar surface area (TPSA) is 95.1 Å². The van der Waals surface area contributed by atoms with Gasteiger partial charge in [-0.3, -0.25) is 4.79 Å². The lowest BCUT2D eigenvalue weighted by atomic mass is 10.2. The molecule has 7 nitrogen and oxygen atoms in total. The van der Waals surface area contributed by atoms with Crippen LogP contribution in [0.4, 0.5) is 5.69 Å². The molecule has 0 unspecified atom stereocenters. The minimum absolute atomic E-state index is 0.0871. The lowest BCUT2D eigenvalue weighted by Gasteiger charge is -2.08. The summed E-state index contributed by atoms with van der Waals surface area (Å²) in [6.45, 7) is 1.71. The molecule has 9 heteroatoms. The highest BCUT2D eigenvalue weighted by Crippen LogP contribution is 2.22. The van der Waals surface area contributed by atoms with Gasteiger partial charge in [-0.15, -0.1) is 10.2 Å². The first-order valence-electron chi connectivity index (χ1n) is 8.08. The maximum Gasteiger partial charge on any atom is 0.262 e. The molecule has 1 amide bonds. The van der Waals surface area contributed by atoms with Crippen molar-refractivity contribution in [2.45, 2.75) is 17.8 Å². The molecule has 0 atom stereocenters. The summed E-state index contributed by atoms with van der Waals surface area (Å²) in [6, 6.07) is 14.5. The summed E-state index contributed by atoms with van der Waals surface area (Å²) in [7, 11) is 0. The third kappa shape index (κ3) is 5.38. The first-order chi connectivity index (χ1) is 13.0. The van der Waals surface area contributed by atoms with Gasteiger partial charge in [-0.25, -0.2) is 4.68 Å². The summed E-state index contributed by atoms with van der Waals surface area (Å²) in [6.07, 6.45) is 0. The SMILES string of the molecule is Cc1nnc(SCc2ccc(OCC(=O)Nc3cccc(Cl)c3)cc2)n1N. The van der Waals surface area contributed by atoms with Crippen LogP contribution in [-0.4, -0.2) is 27.4 Å². The molecule has 0 saturated carbocycles. The van der Waals surface area contributed by atoms with Gasteiger partial charge in [0.25, 0.3) is 5.91 Å². The number of aryl methyl sites for hydroxylation is 1. The number of ether oxygens (including phenoxy) is 1. The quantitative estimate of drug-likeness (QED) is 0.464. The number of benzene rings is 2. The third-order valence-corrected chi connectivity index (χ3v) is 4.85. The van der Waals surface area contributed by atoms with Gasteiger partial charge in [0.15, 0.2) is 6.61 Å². The number of carbonyl (C=O) groups excluding carboxylic acids is 1. The van der Waals surface area contributed by atoms with E-state index in [1.54, 1.807) is 31.2 Å². The van der Waals surface area contributed by atoms with E-state index in [9.17, 15) is 4.79 Å². The van der Waals surface area contributed by atoms with Crippen LogP contribution < -0.4 is 15.9 Å². The highest BCUT2D eigenvalue weighted by molar-refractivity contribution is 7.98. The summed E-state index contributed by atoms with van der Waals surface area (Å²) in [5, 5.41) is 11.9. The highest BCUT2D eigenvalue weighted by atomic mass is 35.5. The van der Waals surface area contributed by atoms with Gasteiger partial charge < -0.3 is 15.9 Å². The first kappa shape index (κ1) is 19.1. The molecule has 3 N–H and O–H groups in total. The number of nitrogens with one attached hydrogen (secondary N) is 1. The van der Waals surface area contributed by atoms with Gasteiger partial charge in [-0.2, -0.15) is 0 Å². The number of nitrogen functional groups attached to an aromatic ring is 1. The van der Waals surface area contributed by atoms with Crippen LogP contribution in [0.5, 0.6) is 5.75 Å². The van der Waals surface area contributed by atoms with E-state index in [0.29, 0.717) is 33.2 Å². The molecule has 2 aromatic carbocycles. The van der Waals surface area contributed by atoms with Crippen LogP contribution in [0.25, 0.3) is 0 Å². The zero-order chi connectivity index (χ0) is 19.2. The van der Waals surface area contributed by atoms with E-state index in [0.717, 1.165) is 5.56 Å². The van der Waals surface area contributed by atoms with E-state index in [1.807, 2.05) is 24.3 Å². The van der Waals surface area contributed by atoms with Gasteiger partial charge in [0.2, 0.25) is 5.16 Å². The van der Waals surface area contributed by atoms with Crippen molar-refractivity contribution in [2.24, 2.45) is 0 Å². The molecular weight excluding hydrogens is 386 g/mol. The molecule has 27 heavy (non-hydrogen) atoms. The Morgan fingerprint density at radius 1 is 1.26 bits per heavy atom. The zero-order valence-corrected chi connectivity index (χ0v) is 16.1. The summed E-state index contributed by atoms with van der Waals surface area (Å²) in [5.41, 5.74) is 1.71. The average molecular weight is 404 g/mol. The van der Waals surface area contributed by atoms with E-state index in [4.69, 9.17) is 22.2 Å². The number of halogens is 1. The maximum atomic E-state index is 11.9. The van der Waals surface area contributed by atoms with E-state index in [1.165, 1.54) is 16.4 Å². The molecule has 0 spiro atoms. The van der Waals surface area contributed by atoms with E-state index in [2.05, 4.69) is 15.5 Å². The van der Waals surface area contributed by atoms with Gasteiger partial charge in [0, 0.05) is 16.5 Å². The second kappa shape index (κ2) is 8.79. The number of hydrogen-bond donors (Lipinski definition) is 2. The van der Waals surface area contributed by atoms with Crippen molar-refractivity contribution in [3.05, 3.63) is 64.9 Å². The molecule has 0 fully saturated rings. The predicted molar refractivity (Wildman–Crippen MR) is 106 cm³/mol. The molecule has 140 valence electrons. The zero-order valence-electron chi connectivity index (χ0n) is 14.6. The van der Waals surface area contributed by atoms with Crippen LogP contribution in [0.15, 0.2) is 53.7 Å². The fraction of sp³-hybridized carbons (Fsp3) is 0.167. The molecule has 0 aliphatic heterocycles. The summed E-state index contributed by atoms with van der Waals surface area (Å²) >= 11 is 7.39. The Kier molecular flexibility index (Phi) is 6.20. The lowest BCUT2D eigenvalue weighted by molar-refractivity contribution is -0.118. The fourth-order valence-electron chi connectivity index (χ4n) is 2.19. The number of nitrogens with zero attached hydrogens (tertiary/aromatic N) is 3. The van der Waals surface area contributed by atoms with Crippen LogP contribution in [0.3, 0.4) is 0 Å². The number of carbonyl (C=O) groups is 1. The monoisotopic (exact) mass is 403 g/mol. The smallest absolute Gasteiger partial charge is 0.262 e. The Hall–Kier alpha value is -2.71. The predicted octanol–water partition coefficient (Wildman–Crippen LogP) is 3.26. The Bertz CT molecular complexity index is 930. The number of hydrogen-bond acceptors (Lipinski definition) is 6. The van der Waals surface area contributed by atoms with Gasteiger partial charge >= 0.3 is 0 Å². The van der Waals surface area contributed by atoms with Crippen molar-refractivity contribution >= 4 is 35.0 Å². The fourth-order valence-corrected chi connectivity index (χ4v) is 3.24. The molecular formula is C18H18ClN5O2S. The van der Waals surface area contributed by atoms with Crippen molar-refractivity contribution in [1.29, 1.82) is 0 Å². The second-order valence-electron chi connectivity index (χ2n) is 5.68. The number of nitrogens with two attached hydrogens (primary N) is 1. The molecule has 1 aromatic heterocycles. The minimum atomic E-state index is -0.255. The van der Waals surface area contributed by atoms with Crippen molar-refractivity contribution in [3.63, 3.8) is 0 Å². The highest BCUT2D eigenvalue weighted by Gasteiger charge is 2.07. The summed E-state index contributed by atoms with van der Waals surface area (Å²) < 4.78 is 6.97. The number of amides is 1. The molecule has 0 radical (unpaired) electrons. The van der Waals surface area contributed by atoms with E-state index < -0.39 is 0 Å². The molecule has 0 aliphatic carbocycles. The molecule has 0 bridgehead atoms. The largest absolute Gasteiger partial charge is 0.484 e. The number of thioether (sulfide) groups is 1. The average Bonchev–Trinajstić information content (AvgIpc) is 2.97. The van der Waals surface area contributed by atoms with Crippen LogP contribution >= 0.6 is 23.4 Å². The van der Waals surface area contributed by atoms with Gasteiger partial charge in [-0.05, 0) is 42.8 Å². The Morgan fingerprint density at radius 2 is 2.04 bits per heavy atom. The Balaban J connectivity index is 1.47. The lowest BCUT2D eigenvalue weighted by Crippen LogP contribution is -2.20.